The van der Waals surface area contributed by atoms with E-state index in [1.54, 1.807) is 56.1 Å². The number of ether oxygens (including phenoxy) is 2. The molecule has 1 unspecified atom stereocenters. The van der Waals surface area contributed by atoms with Gasteiger partial charge in [0.15, 0.2) is 0 Å². The average molecular weight is 395 g/mol. The van der Waals surface area contributed by atoms with Crippen molar-refractivity contribution < 1.29 is 14.3 Å². The number of nitrogens with zero attached hydrogens (tertiary/aromatic N) is 2. The number of aromatic nitrogens is 2. The van der Waals surface area contributed by atoms with Crippen molar-refractivity contribution in [3.63, 3.8) is 0 Å². The lowest BCUT2D eigenvalue weighted by molar-refractivity contribution is -0.120. The van der Waals surface area contributed by atoms with Crippen molar-refractivity contribution in [2.24, 2.45) is 5.92 Å². The van der Waals surface area contributed by atoms with Gasteiger partial charge in [0.1, 0.15) is 16.5 Å². The molecule has 0 fully saturated rings. The minimum absolute atomic E-state index is 0.00739. The van der Waals surface area contributed by atoms with Crippen molar-refractivity contribution in [3.05, 3.63) is 53.3 Å². The van der Waals surface area contributed by atoms with Crippen LogP contribution in [0, 0.1) is 5.92 Å². The molecule has 1 N–H and O–H groups in total. The number of rotatable bonds is 5. The second-order valence-electron chi connectivity index (χ2n) is 6.62. The molecule has 1 aliphatic rings. The average Bonchev–Trinajstić information content (AvgIpc) is 3.18. The summed E-state index contributed by atoms with van der Waals surface area (Å²) in [4.78, 5) is 22.9. The molecule has 0 saturated heterocycles. The van der Waals surface area contributed by atoms with Gasteiger partial charge in [-0.15, -0.1) is 11.3 Å². The van der Waals surface area contributed by atoms with E-state index in [1.807, 2.05) is 12.1 Å². The molecule has 0 saturated carbocycles. The van der Waals surface area contributed by atoms with E-state index in [2.05, 4.69) is 10.3 Å². The molecule has 144 valence electrons. The summed E-state index contributed by atoms with van der Waals surface area (Å²) in [6.45, 7) is 0. The van der Waals surface area contributed by atoms with E-state index < -0.39 is 0 Å². The first kappa shape index (κ1) is 18.4. The number of pyridine rings is 1. The maximum absolute atomic E-state index is 12.9. The van der Waals surface area contributed by atoms with Crippen LogP contribution in [0.3, 0.4) is 0 Å². The number of benzene rings is 1. The number of fused-ring (bicyclic) bond motifs is 1. The normalized spacial score (nSPS) is 15.6. The van der Waals surface area contributed by atoms with Gasteiger partial charge in [-0.25, -0.2) is 4.98 Å². The molecule has 1 atom stereocenters. The van der Waals surface area contributed by atoms with Crippen molar-refractivity contribution in [1.82, 2.24) is 9.97 Å². The standard InChI is InChI=1S/C21H21N3O3S/c1-26-15-4-6-16(18(12-15)27-2)23-20(25)14-3-5-17-19(11-14)28-21(24-17)13-7-9-22-10-8-13/h4,6-10,12,14H,3,5,11H2,1-2H3,(H,23,25). The quantitative estimate of drug-likeness (QED) is 0.708. The van der Waals surface area contributed by atoms with Crippen LogP contribution in [-0.2, 0) is 17.6 Å². The summed E-state index contributed by atoms with van der Waals surface area (Å²) in [5, 5.41) is 4.00. The van der Waals surface area contributed by atoms with Gasteiger partial charge in [-0.2, -0.15) is 0 Å². The Kier molecular flexibility index (Phi) is 5.25. The first-order valence-corrected chi connectivity index (χ1v) is 9.91. The van der Waals surface area contributed by atoms with Crippen molar-refractivity contribution in [1.29, 1.82) is 0 Å². The van der Waals surface area contributed by atoms with E-state index >= 15 is 0 Å². The highest BCUT2D eigenvalue weighted by Gasteiger charge is 2.28. The van der Waals surface area contributed by atoms with Crippen LogP contribution in [0.15, 0.2) is 42.7 Å². The third-order valence-corrected chi connectivity index (χ3v) is 6.07. The van der Waals surface area contributed by atoms with Crippen LogP contribution in [0.5, 0.6) is 11.5 Å². The largest absolute Gasteiger partial charge is 0.497 e. The third kappa shape index (κ3) is 3.71. The highest BCUT2D eigenvalue weighted by molar-refractivity contribution is 7.15. The van der Waals surface area contributed by atoms with Gasteiger partial charge < -0.3 is 14.8 Å². The summed E-state index contributed by atoms with van der Waals surface area (Å²) in [5.41, 5.74) is 2.84. The smallest absolute Gasteiger partial charge is 0.227 e. The van der Waals surface area contributed by atoms with Crippen molar-refractivity contribution >= 4 is 22.9 Å². The molecule has 0 spiro atoms. The highest BCUT2D eigenvalue weighted by Crippen LogP contribution is 2.35. The van der Waals surface area contributed by atoms with Gasteiger partial charge in [-0.05, 0) is 43.5 Å². The Balaban J connectivity index is 1.49. The van der Waals surface area contributed by atoms with E-state index in [0.29, 0.717) is 23.6 Å². The minimum atomic E-state index is -0.0787. The number of thiazole rings is 1. The SMILES string of the molecule is COc1ccc(NC(=O)C2CCc3nc(-c4ccncc4)sc3C2)c(OC)c1. The molecule has 1 aromatic carbocycles. The molecule has 7 heteroatoms. The summed E-state index contributed by atoms with van der Waals surface area (Å²) in [5.74, 6) is 1.20. The second-order valence-corrected chi connectivity index (χ2v) is 7.70. The van der Waals surface area contributed by atoms with E-state index in [9.17, 15) is 4.79 Å². The monoisotopic (exact) mass is 395 g/mol. The molecule has 28 heavy (non-hydrogen) atoms. The molecule has 1 amide bonds. The van der Waals surface area contributed by atoms with Crippen molar-refractivity contribution in [2.75, 3.05) is 19.5 Å². The topological polar surface area (TPSA) is 73.3 Å². The van der Waals surface area contributed by atoms with Crippen LogP contribution in [0.2, 0.25) is 0 Å². The van der Waals surface area contributed by atoms with Crippen molar-refractivity contribution in [2.45, 2.75) is 19.3 Å². The molecule has 4 rings (SSSR count). The fraction of sp³-hybridized carbons (Fsp3) is 0.286. The van der Waals surface area contributed by atoms with Crippen LogP contribution < -0.4 is 14.8 Å². The number of anilines is 1. The number of carbonyl (C=O) groups is 1. The zero-order chi connectivity index (χ0) is 19.5. The lowest BCUT2D eigenvalue weighted by Gasteiger charge is -2.21. The zero-order valence-corrected chi connectivity index (χ0v) is 16.6. The maximum atomic E-state index is 12.9. The molecule has 3 aromatic rings. The molecule has 1 aliphatic carbocycles. The summed E-state index contributed by atoms with van der Waals surface area (Å²) in [7, 11) is 3.18. The van der Waals surface area contributed by atoms with E-state index in [4.69, 9.17) is 14.5 Å². The zero-order valence-electron chi connectivity index (χ0n) is 15.8. The lowest BCUT2D eigenvalue weighted by Crippen LogP contribution is -2.27. The predicted molar refractivity (Wildman–Crippen MR) is 109 cm³/mol. The van der Waals surface area contributed by atoms with Crippen LogP contribution in [-0.4, -0.2) is 30.1 Å². The van der Waals surface area contributed by atoms with Gasteiger partial charge in [0.2, 0.25) is 5.91 Å². The van der Waals surface area contributed by atoms with Crippen molar-refractivity contribution in [3.8, 4) is 22.1 Å². The number of hydrogen-bond donors (Lipinski definition) is 1. The van der Waals surface area contributed by atoms with Gasteiger partial charge in [-0.1, -0.05) is 0 Å². The van der Waals surface area contributed by atoms with Gasteiger partial charge >= 0.3 is 0 Å². The number of carbonyl (C=O) groups excluding carboxylic acids is 1. The highest BCUT2D eigenvalue weighted by atomic mass is 32.1. The molecule has 2 aromatic heterocycles. The molecule has 0 bridgehead atoms. The number of methoxy groups -OCH3 is 2. The Hall–Kier alpha value is -2.93. The number of aryl methyl sites for hydroxylation is 1. The summed E-state index contributed by atoms with van der Waals surface area (Å²) in [6.07, 6.45) is 5.86. The number of nitrogens with one attached hydrogen (secondary N) is 1. The number of amides is 1. The van der Waals surface area contributed by atoms with Gasteiger partial charge in [0.25, 0.3) is 0 Å². The molecule has 0 radical (unpaired) electrons. The lowest BCUT2D eigenvalue weighted by atomic mass is 9.90. The van der Waals surface area contributed by atoms with Crippen LogP contribution in [0.1, 0.15) is 17.0 Å². The molecule has 2 heterocycles. The third-order valence-electron chi connectivity index (χ3n) is 4.90. The number of hydrogen-bond acceptors (Lipinski definition) is 6. The summed E-state index contributed by atoms with van der Waals surface area (Å²) in [6, 6.07) is 9.30. The Morgan fingerprint density at radius 2 is 2.00 bits per heavy atom. The minimum Gasteiger partial charge on any atom is -0.497 e. The van der Waals surface area contributed by atoms with Gasteiger partial charge in [0, 0.05) is 34.8 Å². The van der Waals surface area contributed by atoms with E-state index in [0.717, 1.165) is 29.1 Å². The Morgan fingerprint density at radius 3 is 2.75 bits per heavy atom. The molecule has 0 aliphatic heterocycles. The second kappa shape index (κ2) is 7.98. The molecular weight excluding hydrogens is 374 g/mol. The molecular formula is C21H21N3O3S. The van der Waals surface area contributed by atoms with Gasteiger partial charge in [0.05, 0.1) is 25.6 Å². The predicted octanol–water partition coefficient (Wildman–Crippen LogP) is 3.97. The van der Waals surface area contributed by atoms with E-state index in [-0.39, 0.29) is 11.8 Å². The Bertz CT molecular complexity index is 988. The van der Waals surface area contributed by atoms with Gasteiger partial charge in [-0.3, -0.25) is 9.78 Å². The first-order chi connectivity index (χ1) is 13.7. The Labute approximate surface area is 167 Å². The fourth-order valence-electron chi connectivity index (χ4n) is 3.35. The fourth-order valence-corrected chi connectivity index (χ4v) is 4.55. The van der Waals surface area contributed by atoms with E-state index in [1.165, 1.54) is 4.88 Å². The summed E-state index contributed by atoms with van der Waals surface area (Å²) >= 11 is 1.67. The molecule has 6 nitrogen and oxygen atoms in total. The summed E-state index contributed by atoms with van der Waals surface area (Å²) < 4.78 is 10.6. The Morgan fingerprint density at radius 1 is 1.18 bits per heavy atom. The van der Waals surface area contributed by atoms with Crippen LogP contribution in [0.4, 0.5) is 5.69 Å². The van der Waals surface area contributed by atoms with Crippen LogP contribution in [0.25, 0.3) is 10.6 Å². The van der Waals surface area contributed by atoms with Crippen LogP contribution >= 0.6 is 11.3 Å². The maximum Gasteiger partial charge on any atom is 0.227 e. The first-order valence-electron chi connectivity index (χ1n) is 9.10.